The Balaban J connectivity index is 1.29. The standard InChI is InChI=1S/C42H26OS/c1-2-11-26-24-37-35(22-25(26)10-1)42-33(17-9-18-36(42)43-37)41-31-15-5-3-13-29(31)40(30-14-4-6-16-32(30)41)27-20-21-39-34(23-27)28-12-7-8-19-38(28)44-39/h1-21,23-25H,22H2. The quantitative estimate of drug-likeness (QED) is 0.186. The zero-order valence-electron chi connectivity index (χ0n) is 23.9. The Morgan fingerprint density at radius 3 is 2.11 bits per heavy atom. The van der Waals surface area contributed by atoms with Gasteiger partial charge in [0.2, 0.25) is 0 Å². The Morgan fingerprint density at radius 2 is 1.32 bits per heavy atom. The van der Waals surface area contributed by atoms with Crippen molar-refractivity contribution in [3.05, 3.63) is 150 Å². The maximum absolute atomic E-state index is 6.55. The predicted octanol–water partition coefficient (Wildman–Crippen LogP) is 12.1. The van der Waals surface area contributed by atoms with Crippen molar-refractivity contribution < 1.29 is 4.42 Å². The second-order valence-electron chi connectivity index (χ2n) is 12.0. The van der Waals surface area contributed by atoms with E-state index in [0.29, 0.717) is 5.92 Å². The molecule has 0 saturated carbocycles. The molecule has 6 aromatic carbocycles. The Labute approximate surface area is 258 Å². The number of benzene rings is 6. The molecule has 0 fully saturated rings. The lowest BCUT2D eigenvalue weighted by atomic mass is 9.81. The highest BCUT2D eigenvalue weighted by Gasteiger charge is 2.27. The van der Waals surface area contributed by atoms with Crippen molar-refractivity contribution >= 4 is 70.1 Å². The first-order valence-corrected chi connectivity index (χ1v) is 16.1. The predicted molar refractivity (Wildman–Crippen MR) is 188 cm³/mol. The molecule has 0 bridgehead atoms. The highest BCUT2D eigenvalue weighted by atomic mass is 32.1. The highest BCUT2D eigenvalue weighted by molar-refractivity contribution is 7.25. The van der Waals surface area contributed by atoms with Gasteiger partial charge in [-0.2, -0.15) is 0 Å². The van der Waals surface area contributed by atoms with Gasteiger partial charge in [0, 0.05) is 37.0 Å². The van der Waals surface area contributed by atoms with Gasteiger partial charge in [-0.3, -0.25) is 0 Å². The minimum absolute atomic E-state index is 0.389. The van der Waals surface area contributed by atoms with Crippen LogP contribution in [0.3, 0.4) is 0 Å². The van der Waals surface area contributed by atoms with Gasteiger partial charge in [-0.15, -0.1) is 11.3 Å². The molecule has 0 amide bonds. The molecule has 2 aliphatic carbocycles. The lowest BCUT2D eigenvalue weighted by molar-refractivity contribution is 0.586. The number of fused-ring (bicyclic) bond motifs is 9. The molecular formula is C42H26OS. The van der Waals surface area contributed by atoms with Gasteiger partial charge >= 0.3 is 0 Å². The van der Waals surface area contributed by atoms with E-state index in [1.165, 1.54) is 80.5 Å². The summed E-state index contributed by atoms with van der Waals surface area (Å²) in [6.07, 6.45) is 12.0. The van der Waals surface area contributed by atoms with E-state index in [9.17, 15) is 0 Å². The van der Waals surface area contributed by atoms with Crippen molar-refractivity contribution in [1.82, 2.24) is 0 Å². The fraction of sp³-hybridized carbons (Fsp3) is 0.0476. The largest absolute Gasteiger partial charge is 0.456 e. The monoisotopic (exact) mass is 578 g/mol. The van der Waals surface area contributed by atoms with E-state index in [4.69, 9.17) is 4.42 Å². The molecule has 44 heavy (non-hydrogen) atoms. The van der Waals surface area contributed by atoms with E-state index >= 15 is 0 Å². The normalized spacial score (nSPS) is 15.8. The molecule has 1 unspecified atom stereocenters. The van der Waals surface area contributed by atoms with Crippen molar-refractivity contribution in [3.63, 3.8) is 0 Å². The van der Waals surface area contributed by atoms with Crippen molar-refractivity contribution in [3.8, 4) is 22.3 Å². The Morgan fingerprint density at radius 1 is 0.614 bits per heavy atom. The van der Waals surface area contributed by atoms with Crippen LogP contribution >= 0.6 is 11.3 Å². The molecule has 2 heteroatoms. The molecule has 0 aliphatic heterocycles. The lowest BCUT2D eigenvalue weighted by Gasteiger charge is -2.22. The van der Waals surface area contributed by atoms with Gasteiger partial charge in [0.25, 0.3) is 0 Å². The molecule has 1 atom stereocenters. The van der Waals surface area contributed by atoms with Gasteiger partial charge in [0.05, 0.1) is 0 Å². The zero-order chi connectivity index (χ0) is 28.8. The first kappa shape index (κ1) is 24.3. The number of rotatable bonds is 2. The van der Waals surface area contributed by atoms with E-state index in [0.717, 1.165) is 17.8 Å². The van der Waals surface area contributed by atoms with Gasteiger partial charge in [-0.1, -0.05) is 109 Å². The fourth-order valence-electron chi connectivity index (χ4n) is 7.68. The Bertz CT molecular complexity index is 2530. The Hall–Kier alpha value is -5.18. The maximum atomic E-state index is 6.55. The number of furan rings is 1. The summed E-state index contributed by atoms with van der Waals surface area (Å²) in [6, 6.07) is 40.3. The number of hydrogen-bond acceptors (Lipinski definition) is 2. The average molecular weight is 579 g/mol. The molecule has 1 nitrogen and oxygen atoms in total. The van der Waals surface area contributed by atoms with Crippen LogP contribution < -0.4 is 0 Å². The summed E-state index contributed by atoms with van der Waals surface area (Å²) in [4.78, 5) is 0. The second kappa shape index (κ2) is 9.16. The van der Waals surface area contributed by atoms with Crippen LogP contribution in [0.1, 0.15) is 11.3 Å². The fourth-order valence-corrected chi connectivity index (χ4v) is 8.77. The molecular weight excluding hydrogens is 553 g/mol. The van der Waals surface area contributed by atoms with Crippen molar-refractivity contribution in [2.45, 2.75) is 6.42 Å². The molecule has 0 N–H and O–H groups in total. The summed E-state index contributed by atoms with van der Waals surface area (Å²) in [7, 11) is 0. The summed E-state index contributed by atoms with van der Waals surface area (Å²) < 4.78 is 9.22. The third-order valence-corrected chi connectivity index (χ3v) is 10.8. The van der Waals surface area contributed by atoms with Gasteiger partial charge in [-0.05, 0) is 86.1 Å². The third kappa shape index (κ3) is 3.40. The minimum Gasteiger partial charge on any atom is -0.456 e. The topological polar surface area (TPSA) is 13.1 Å². The van der Waals surface area contributed by atoms with E-state index in [1.54, 1.807) is 0 Å². The molecule has 0 saturated heterocycles. The molecule has 0 spiro atoms. The molecule has 0 radical (unpaired) electrons. The van der Waals surface area contributed by atoms with Crippen LogP contribution in [0.25, 0.3) is 81.0 Å². The molecule has 10 rings (SSSR count). The van der Waals surface area contributed by atoms with Crippen LogP contribution in [0.15, 0.2) is 143 Å². The second-order valence-corrected chi connectivity index (χ2v) is 13.1. The maximum Gasteiger partial charge on any atom is 0.135 e. The summed E-state index contributed by atoms with van der Waals surface area (Å²) in [5.41, 5.74) is 8.69. The van der Waals surface area contributed by atoms with E-state index < -0.39 is 0 Å². The van der Waals surface area contributed by atoms with Gasteiger partial charge in [-0.25, -0.2) is 0 Å². The van der Waals surface area contributed by atoms with E-state index in [-0.39, 0.29) is 0 Å². The molecule has 206 valence electrons. The lowest BCUT2D eigenvalue weighted by Crippen LogP contribution is -2.10. The third-order valence-electron chi connectivity index (χ3n) is 9.60. The number of thiophene rings is 1. The summed E-state index contributed by atoms with van der Waals surface area (Å²) in [6.45, 7) is 0. The van der Waals surface area contributed by atoms with Crippen LogP contribution in [0.4, 0.5) is 0 Å². The molecule has 8 aromatic rings. The first-order valence-electron chi connectivity index (χ1n) is 15.3. The zero-order valence-corrected chi connectivity index (χ0v) is 24.7. The van der Waals surface area contributed by atoms with Gasteiger partial charge < -0.3 is 4.42 Å². The van der Waals surface area contributed by atoms with Crippen molar-refractivity contribution in [2.75, 3.05) is 0 Å². The summed E-state index contributed by atoms with van der Waals surface area (Å²) in [5.74, 6) is 1.39. The van der Waals surface area contributed by atoms with E-state index in [1.807, 2.05) is 11.3 Å². The first-order chi connectivity index (χ1) is 21.8. The van der Waals surface area contributed by atoms with Crippen molar-refractivity contribution in [1.29, 1.82) is 0 Å². The van der Waals surface area contributed by atoms with Gasteiger partial charge in [0.15, 0.2) is 0 Å². The number of hydrogen-bond donors (Lipinski definition) is 0. The van der Waals surface area contributed by atoms with Gasteiger partial charge in [0.1, 0.15) is 11.3 Å². The van der Waals surface area contributed by atoms with Crippen LogP contribution in [0.5, 0.6) is 0 Å². The average Bonchev–Trinajstić information content (AvgIpc) is 3.63. The highest BCUT2D eigenvalue weighted by Crippen LogP contribution is 2.48. The van der Waals surface area contributed by atoms with Crippen LogP contribution in [-0.4, -0.2) is 0 Å². The summed E-state index contributed by atoms with van der Waals surface area (Å²) in [5, 5.41) is 8.99. The SMILES string of the molecule is C1=CC2=Cc3oc4cccc(-c5c6ccccc6c(-c6ccc7sc8ccccc8c7c6)c6ccccc56)c4c3CC2C=C1. The molecule has 2 aliphatic rings. The minimum atomic E-state index is 0.389. The van der Waals surface area contributed by atoms with Crippen LogP contribution in [-0.2, 0) is 6.42 Å². The smallest absolute Gasteiger partial charge is 0.135 e. The molecule has 2 aromatic heterocycles. The number of allylic oxidation sites excluding steroid dienone is 5. The van der Waals surface area contributed by atoms with Crippen LogP contribution in [0, 0.1) is 5.92 Å². The Kier molecular flexibility index (Phi) is 5.05. The van der Waals surface area contributed by atoms with Crippen molar-refractivity contribution in [2.24, 2.45) is 5.92 Å². The summed E-state index contributed by atoms with van der Waals surface area (Å²) >= 11 is 1.87. The molecule has 2 heterocycles. The van der Waals surface area contributed by atoms with E-state index in [2.05, 4.69) is 140 Å². The van der Waals surface area contributed by atoms with Crippen LogP contribution in [0.2, 0.25) is 0 Å².